The predicted molar refractivity (Wildman–Crippen MR) is 60.1 cm³/mol. The van der Waals surface area contributed by atoms with E-state index in [1.165, 1.54) is 6.08 Å². The molecule has 0 saturated carbocycles. The van der Waals surface area contributed by atoms with Crippen molar-refractivity contribution >= 4 is 6.08 Å². The van der Waals surface area contributed by atoms with Gasteiger partial charge >= 0.3 is 17.1 Å². The Morgan fingerprint density at radius 2 is 1.88 bits per heavy atom. The molecule has 16 heavy (non-hydrogen) atoms. The van der Waals surface area contributed by atoms with Gasteiger partial charge in [-0.25, -0.2) is 12.1 Å². The standard InChI is InChI=1S/C7H6NO2.C5H5.Fe/c9-8(10)6-5-7-3-1-2-4-7;1-2-4-5-3-1;/h1-6H;1-5H;/q2*-1;+2. The van der Waals surface area contributed by atoms with E-state index in [0.29, 0.717) is 0 Å². The Morgan fingerprint density at radius 1 is 1.19 bits per heavy atom. The average Bonchev–Trinajstić information content (AvgIpc) is 2.91. The Balaban J connectivity index is 0.000000318. The molecular formula is C12H11FeNO2. The first-order valence-electron chi connectivity index (χ1n) is 4.49. The van der Waals surface area contributed by atoms with Gasteiger partial charge in [-0.3, -0.25) is 10.1 Å². The van der Waals surface area contributed by atoms with Gasteiger partial charge < -0.3 is 0 Å². The quantitative estimate of drug-likeness (QED) is 0.359. The second kappa shape index (κ2) is 8.65. The predicted octanol–water partition coefficient (Wildman–Crippen LogP) is 3.06. The third kappa shape index (κ3) is 6.76. The molecule has 0 radical (unpaired) electrons. The van der Waals surface area contributed by atoms with Crippen LogP contribution >= 0.6 is 0 Å². The van der Waals surface area contributed by atoms with Crippen molar-refractivity contribution in [2.45, 2.75) is 0 Å². The van der Waals surface area contributed by atoms with Gasteiger partial charge in [-0.1, -0.05) is 6.08 Å². The third-order valence-electron chi connectivity index (χ3n) is 1.63. The van der Waals surface area contributed by atoms with Crippen molar-refractivity contribution in [1.29, 1.82) is 0 Å². The molecule has 0 N–H and O–H groups in total. The fourth-order valence-corrected chi connectivity index (χ4v) is 0.968. The zero-order chi connectivity index (χ0) is 10.9. The van der Waals surface area contributed by atoms with Crippen LogP contribution in [0, 0.1) is 10.1 Å². The normalized spacial score (nSPS) is 9.00. The van der Waals surface area contributed by atoms with Gasteiger partial charge in [0, 0.05) is 4.92 Å². The molecule has 0 fully saturated rings. The zero-order valence-corrected chi connectivity index (χ0v) is 9.57. The number of nitro groups is 1. The summed E-state index contributed by atoms with van der Waals surface area (Å²) in [7, 11) is 0. The molecule has 2 aromatic carbocycles. The van der Waals surface area contributed by atoms with E-state index in [1.807, 2.05) is 42.5 Å². The maximum Gasteiger partial charge on any atom is 2.00 e. The van der Waals surface area contributed by atoms with Crippen molar-refractivity contribution in [2.24, 2.45) is 0 Å². The Labute approximate surface area is 105 Å². The molecule has 0 aliphatic heterocycles. The largest absolute Gasteiger partial charge is 2.00 e. The Morgan fingerprint density at radius 3 is 2.25 bits per heavy atom. The second-order valence-corrected chi connectivity index (χ2v) is 2.78. The maximum absolute atomic E-state index is 9.81. The molecule has 3 nitrogen and oxygen atoms in total. The van der Waals surface area contributed by atoms with E-state index < -0.39 is 4.92 Å². The van der Waals surface area contributed by atoms with Crippen molar-refractivity contribution in [1.82, 2.24) is 0 Å². The summed E-state index contributed by atoms with van der Waals surface area (Å²) in [5.41, 5.74) is 0.858. The zero-order valence-electron chi connectivity index (χ0n) is 8.47. The number of nitrogens with zero attached hydrogens (tertiary/aromatic N) is 1. The van der Waals surface area contributed by atoms with Crippen LogP contribution in [0.3, 0.4) is 0 Å². The van der Waals surface area contributed by atoms with Crippen LogP contribution in [-0.4, -0.2) is 4.92 Å². The molecule has 0 aliphatic rings. The minimum Gasteiger partial charge on any atom is -0.260 e. The monoisotopic (exact) mass is 257 g/mol. The van der Waals surface area contributed by atoms with Gasteiger partial charge in [0.05, 0.1) is 0 Å². The van der Waals surface area contributed by atoms with E-state index in [2.05, 4.69) is 0 Å². The summed E-state index contributed by atoms with van der Waals surface area (Å²) in [5.74, 6) is 0. The van der Waals surface area contributed by atoms with Gasteiger partial charge in [0.25, 0.3) is 0 Å². The topological polar surface area (TPSA) is 43.1 Å². The molecule has 2 aromatic rings. The van der Waals surface area contributed by atoms with Crippen molar-refractivity contribution in [2.75, 3.05) is 0 Å². The first kappa shape index (κ1) is 14.4. The summed E-state index contributed by atoms with van der Waals surface area (Å²) in [6.07, 6.45) is 2.38. The van der Waals surface area contributed by atoms with Crippen LogP contribution < -0.4 is 0 Å². The van der Waals surface area contributed by atoms with E-state index >= 15 is 0 Å². The summed E-state index contributed by atoms with van der Waals surface area (Å²) < 4.78 is 0. The molecule has 84 valence electrons. The molecule has 0 aromatic heterocycles. The van der Waals surface area contributed by atoms with Crippen LogP contribution in [0.5, 0.6) is 0 Å². The SMILES string of the molecule is O=[N+]([O-])C=Cc1ccc[cH-]1.[Fe+2].c1cc[cH-]c1. The van der Waals surface area contributed by atoms with Gasteiger partial charge in [-0.15, -0.1) is 6.07 Å². The summed E-state index contributed by atoms with van der Waals surface area (Å²) in [6.45, 7) is 0. The van der Waals surface area contributed by atoms with Gasteiger partial charge in [0.1, 0.15) is 0 Å². The van der Waals surface area contributed by atoms with Crippen LogP contribution in [0.2, 0.25) is 0 Å². The second-order valence-electron chi connectivity index (χ2n) is 2.78. The molecule has 0 heterocycles. The van der Waals surface area contributed by atoms with Gasteiger partial charge in [-0.05, 0) is 0 Å². The molecular weight excluding hydrogens is 246 g/mol. The van der Waals surface area contributed by atoms with Crippen LogP contribution in [0.25, 0.3) is 6.08 Å². The first-order valence-corrected chi connectivity index (χ1v) is 4.49. The Hall–Kier alpha value is -1.64. The van der Waals surface area contributed by atoms with E-state index in [-0.39, 0.29) is 17.1 Å². The minimum atomic E-state index is -0.479. The smallest absolute Gasteiger partial charge is 0.260 e. The minimum absolute atomic E-state index is 0. The Kier molecular flexibility index (Phi) is 7.76. The first-order chi connectivity index (χ1) is 7.29. The van der Waals surface area contributed by atoms with E-state index in [9.17, 15) is 10.1 Å². The summed E-state index contributed by atoms with van der Waals surface area (Å²) in [6, 6.07) is 17.3. The Bertz CT molecular complexity index is 373. The van der Waals surface area contributed by atoms with Crippen LogP contribution in [0.1, 0.15) is 5.56 Å². The fraction of sp³-hybridized carbons (Fsp3) is 0. The third-order valence-corrected chi connectivity index (χ3v) is 1.63. The maximum atomic E-state index is 9.81. The summed E-state index contributed by atoms with van der Waals surface area (Å²) in [5, 5.41) is 9.81. The molecule has 0 spiro atoms. The fourth-order valence-electron chi connectivity index (χ4n) is 0.968. The molecule has 0 aliphatic carbocycles. The summed E-state index contributed by atoms with van der Waals surface area (Å²) >= 11 is 0. The molecule has 0 saturated heterocycles. The summed E-state index contributed by atoms with van der Waals surface area (Å²) in [4.78, 5) is 9.33. The molecule has 0 unspecified atom stereocenters. The van der Waals surface area contributed by atoms with Crippen LogP contribution in [0.4, 0.5) is 0 Å². The van der Waals surface area contributed by atoms with E-state index in [4.69, 9.17) is 0 Å². The van der Waals surface area contributed by atoms with Gasteiger partial charge in [0.15, 0.2) is 6.20 Å². The van der Waals surface area contributed by atoms with Crippen LogP contribution in [-0.2, 0) is 17.1 Å². The molecule has 4 heteroatoms. The molecule has 0 bridgehead atoms. The van der Waals surface area contributed by atoms with Crippen molar-refractivity contribution in [3.8, 4) is 0 Å². The van der Waals surface area contributed by atoms with Gasteiger partial charge in [-0.2, -0.15) is 42.0 Å². The molecule has 0 amide bonds. The van der Waals surface area contributed by atoms with E-state index in [1.54, 1.807) is 12.1 Å². The molecule has 2 rings (SSSR count). The van der Waals surface area contributed by atoms with Crippen molar-refractivity contribution in [3.63, 3.8) is 0 Å². The van der Waals surface area contributed by atoms with E-state index in [0.717, 1.165) is 11.8 Å². The number of hydrogen-bond donors (Lipinski definition) is 0. The number of hydrogen-bond acceptors (Lipinski definition) is 2. The van der Waals surface area contributed by atoms with Crippen LogP contribution in [0.15, 0.2) is 60.8 Å². The molecule has 0 atom stereocenters. The van der Waals surface area contributed by atoms with Crippen molar-refractivity contribution < 1.29 is 22.0 Å². The van der Waals surface area contributed by atoms with Gasteiger partial charge in [0.2, 0.25) is 0 Å². The number of rotatable bonds is 2. The van der Waals surface area contributed by atoms with Crippen molar-refractivity contribution in [3.05, 3.63) is 76.5 Å². The average molecular weight is 257 g/mol.